The minimum atomic E-state index is -0.0709. The quantitative estimate of drug-likeness (QED) is 0.806. The van der Waals surface area contributed by atoms with E-state index in [0.29, 0.717) is 13.2 Å². The summed E-state index contributed by atoms with van der Waals surface area (Å²) < 4.78 is 5.35. The zero-order valence-corrected chi connectivity index (χ0v) is 12.1. The average molecular weight is 250 g/mol. The van der Waals surface area contributed by atoms with Crippen LogP contribution < -0.4 is 5.73 Å². The van der Waals surface area contributed by atoms with Crippen molar-refractivity contribution in [1.82, 2.24) is 4.90 Å². The minimum Gasteiger partial charge on any atom is -0.383 e. The average Bonchev–Trinajstić information content (AvgIpc) is 2.36. The van der Waals surface area contributed by atoms with Crippen molar-refractivity contribution >= 4 is 0 Å². The van der Waals surface area contributed by atoms with E-state index in [1.165, 1.54) is 11.1 Å². The number of rotatable bonds is 7. The number of ether oxygens (including phenoxy) is 1. The van der Waals surface area contributed by atoms with Crippen molar-refractivity contribution in [3.05, 3.63) is 35.4 Å². The van der Waals surface area contributed by atoms with Crippen LogP contribution in [0.4, 0.5) is 0 Å². The molecule has 0 saturated heterocycles. The summed E-state index contributed by atoms with van der Waals surface area (Å²) in [5, 5.41) is 0. The van der Waals surface area contributed by atoms with Crippen LogP contribution in [-0.4, -0.2) is 37.7 Å². The van der Waals surface area contributed by atoms with E-state index in [-0.39, 0.29) is 5.54 Å². The first kappa shape index (κ1) is 15.2. The number of nitrogens with zero attached hydrogens (tertiary/aromatic N) is 1. The van der Waals surface area contributed by atoms with E-state index in [0.717, 1.165) is 13.0 Å². The van der Waals surface area contributed by atoms with Crippen LogP contribution in [0.3, 0.4) is 0 Å². The molecule has 18 heavy (non-hydrogen) atoms. The molecule has 0 heterocycles. The van der Waals surface area contributed by atoms with E-state index in [1.54, 1.807) is 7.11 Å². The molecule has 1 atom stereocenters. The second kappa shape index (κ2) is 6.88. The summed E-state index contributed by atoms with van der Waals surface area (Å²) in [5.41, 5.74) is 8.51. The number of likely N-dealkylation sites (N-methyl/N-ethyl adjacent to an activating group) is 1. The molecule has 0 aliphatic rings. The van der Waals surface area contributed by atoms with Crippen molar-refractivity contribution in [3.63, 3.8) is 0 Å². The van der Waals surface area contributed by atoms with Crippen molar-refractivity contribution in [2.45, 2.75) is 32.4 Å². The maximum atomic E-state index is 5.97. The third kappa shape index (κ3) is 3.55. The fourth-order valence-electron chi connectivity index (χ4n) is 2.36. The molecule has 0 fully saturated rings. The Labute approximate surface area is 111 Å². The van der Waals surface area contributed by atoms with Gasteiger partial charge < -0.3 is 10.5 Å². The third-order valence-corrected chi connectivity index (χ3v) is 3.76. The van der Waals surface area contributed by atoms with Gasteiger partial charge in [-0.1, -0.05) is 36.8 Å². The molecule has 0 bridgehead atoms. The smallest absolute Gasteiger partial charge is 0.0658 e. The van der Waals surface area contributed by atoms with Crippen molar-refractivity contribution in [1.29, 1.82) is 0 Å². The Bertz CT molecular complexity index is 361. The van der Waals surface area contributed by atoms with Crippen LogP contribution in [-0.2, 0) is 11.3 Å². The second-order valence-electron chi connectivity index (χ2n) is 5.06. The lowest BCUT2D eigenvalue weighted by Crippen LogP contribution is -2.54. The van der Waals surface area contributed by atoms with Crippen molar-refractivity contribution in [2.24, 2.45) is 5.73 Å². The topological polar surface area (TPSA) is 38.5 Å². The molecule has 0 saturated carbocycles. The summed E-state index contributed by atoms with van der Waals surface area (Å²) in [6.45, 7) is 6.46. The normalized spacial score (nSPS) is 14.8. The van der Waals surface area contributed by atoms with Crippen LogP contribution in [0.2, 0.25) is 0 Å². The van der Waals surface area contributed by atoms with Gasteiger partial charge >= 0.3 is 0 Å². The van der Waals surface area contributed by atoms with Gasteiger partial charge in [0.05, 0.1) is 12.1 Å². The predicted octanol–water partition coefficient (Wildman–Crippen LogP) is 2.18. The molecule has 1 aromatic carbocycles. The number of aryl methyl sites for hydroxylation is 1. The zero-order valence-electron chi connectivity index (χ0n) is 12.1. The van der Waals surface area contributed by atoms with Crippen LogP contribution in [0.25, 0.3) is 0 Å². The van der Waals surface area contributed by atoms with Crippen LogP contribution in [0.5, 0.6) is 0 Å². The van der Waals surface area contributed by atoms with Crippen molar-refractivity contribution in [2.75, 3.05) is 27.3 Å². The fourth-order valence-corrected chi connectivity index (χ4v) is 2.36. The van der Waals surface area contributed by atoms with Gasteiger partial charge in [-0.2, -0.15) is 0 Å². The molecule has 3 nitrogen and oxygen atoms in total. The maximum Gasteiger partial charge on any atom is 0.0658 e. The Morgan fingerprint density at radius 3 is 2.61 bits per heavy atom. The summed E-state index contributed by atoms with van der Waals surface area (Å²) in [6.07, 6.45) is 0.986. The molecular formula is C15H26N2O. The summed E-state index contributed by atoms with van der Waals surface area (Å²) in [4.78, 5) is 2.31. The van der Waals surface area contributed by atoms with Crippen LogP contribution >= 0.6 is 0 Å². The molecule has 0 spiro atoms. The Morgan fingerprint density at radius 2 is 2.11 bits per heavy atom. The predicted molar refractivity (Wildman–Crippen MR) is 76.6 cm³/mol. The Morgan fingerprint density at radius 1 is 1.39 bits per heavy atom. The van der Waals surface area contributed by atoms with E-state index in [4.69, 9.17) is 10.5 Å². The molecule has 1 unspecified atom stereocenters. The first-order valence-electron chi connectivity index (χ1n) is 6.53. The number of methoxy groups -OCH3 is 1. The molecule has 0 aliphatic heterocycles. The Hall–Kier alpha value is -0.900. The van der Waals surface area contributed by atoms with E-state index in [9.17, 15) is 0 Å². The minimum absolute atomic E-state index is 0.0709. The first-order valence-corrected chi connectivity index (χ1v) is 6.53. The highest BCUT2D eigenvalue weighted by atomic mass is 16.5. The fraction of sp³-hybridized carbons (Fsp3) is 0.600. The van der Waals surface area contributed by atoms with E-state index < -0.39 is 0 Å². The van der Waals surface area contributed by atoms with Gasteiger partial charge in [0.25, 0.3) is 0 Å². The van der Waals surface area contributed by atoms with Crippen LogP contribution in [0.15, 0.2) is 24.3 Å². The highest BCUT2D eigenvalue weighted by Crippen LogP contribution is 2.20. The van der Waals surface area contributed by atoms with Gasteiger partial charge in [-0.25, -0.2) is 0 Å². The Balaban J connectivity index is 2.81. The summed E-state index contributed by atoms with van der Waals surface area (Å²) in [6, 6.07) is 8.60. The lowest BCUT2D eigenvalue weighted by molar-refractivity contribution is 0.0234. The van der Waals surface area contributed by atoms with Crippen molar-refractivity contribution in [3.8, 4) is 0 Å². The highest BCUT2D eigenvalue weighted by Gasteiger charge is 2.31. The SMILES string of the molecule is CCC(CN)(COC)N(C)Cc1cccc(C)c1. The highest BCUT2D eigenvalue weighted by molar-refractivity contribution is 5.22. The van der Waals surface area contributed by atoms with Gasteiger partial charge in [-0.15, -0.1) is 0 Å². The van der Waals surface area contributed by atoms with Crippen LogP contribution in [0, 0.1) is 6.92 Å². The van der Waals surface area contributed by atoms with Gasteiger partial charge in [-0.05, 0) is 26.0 Å². The number of nitrogens with two attached hydrogens (primary N) is 1. The zero-order chi connectivity index (χ0) is 13.6. The lowest BCUT2D eigenvalue weighted by Gasteiger charge is -2.40. The summed E-state index contributed by atoms with van der Waals surface area (Å²) in [5.74, 6) is 0. The van der Waals surface area contributed by atoms with Gasteiger partial charge in [0, 0.05) is 20.2 Å². The van der Waals surface area contributed by atoms with Crippen molar-refractivity contribution < 1.29 is 4.74 Å². The second-order valence-corrected chi connectivity index (χ2v) is 5.06. The maximum absolute atomic E-state index is 5.97. The molecular weight excluding hydrogens is 224 g/mol. The van der Waals surface area contributed by atoms with Crippen LogP contribution in [0.1, 0.15) is 24.5 Å². The van der Waals surface area contributed by atoms with E-state index in [1.807, 2.05) is 0 Å². The number of benzene rings is 1. The molecule has 1 aromatic rings. The molecule has 0 aromatic heterocycles. The molecule has 1 rings (SSSR count). The van der Waals surface area contributed by atoms with E-state index >= 15 is 0 Å². The Kier molecular flexibility index (Phi) is 5.79. The van der Waals surface area contributed by atoms with Gasteiger partial charge in [0.2, 0.25) is 0 Å². The van der Waals surface area contributed by atoms with Gasteiger partial charge in [0.15, 0.2) is 0 Å². The number of hydrogen-bond donors (Lipinski definition) is 1. The third-order valence-electron chi connectivity index (χ3n) is 3.76. The monoisotopic (exact) mass is 250 g/mol. The lowest BCUT2D eigenvalue weighted by atomic mass is 9.94. The molecule has 0 radical (unpaired) electrons. The summed E-state index contributed by atoms with van der Waals surface area (Å²) in [7, 11) is 3.86. The molecule has 2 N–H and O–H groups in total. The number of hydrogen-bond acceptors (Lipinski definition) is 3. The van der Waals surface area contributed by atoms with Gasteiger partial charge in [0.1, 0.15) is 0 Å². The molecule has 3 heteroatoms. The molecule has 0 amide bonds. The molecule has 102 valence electrons. The standard InChI is InChI=1S/C15H26N2O/c1-5-15(11-16,12-18-4)17(3)10-14-8-6-7-13(2)9-14/h6-9H,5,10-12,16H2,1-4H3. The van der Waals surface area contributed by atoms with E-state index in [2.05, 4.69) is 50.1 Å². The largest absolute Gasteiger partial charge is 0.383 e. The summed E-state index contributed by atoms with van der Waals surface area (Å²) >= 11 is 0. The first-order chi connectivity index (χ1) is 8.57. The van der Waals surface area contributed by atoms with Gasteiger partial charge in [-0.3, -0.25) is 4.90 Å². The molecule has 0 aliphatic carbocycles.